The van der Waals surface area contributed by atoms with E-state index in [1.165, 1.54) is 6.42 Å². The average Bonchev–Trinajstić information content (AvgIpc) is 3.37. The van der Waals surface area contributed by atoms with E-state index in [1.54, 1.807) is 33.3 Å². The zero-order chi connectivity index (χ0) is 30.0. The third-order valence-corrected chi connectivity index (χ3v) is 6.98. The normalized spacial score (nSPS) is 20.4. The van der Waals surface area contributed by atoms with Crippen molar-refractivity contribution in [2.75, 3.05) is 61.7 Å². The van der Waals surface area contributed by atoms with Gasteiger partial charge >= 0.3 is 0 Å². The second kappa shape index (κ2) is 20.9. The molecule has 228 valence electrons. The van der Waals surface area contributed by atoms with Gasteiger partial charge in [-0.15, -0.1) is 0 Å². The maximum absolute atomic E-state index is 13.2. The van der Waals surface area contributed by atoms with Crippen molar-refractivity contribution in [2.24, 2.45) is 5.92 Å². The second-order valence-corrected chi connectivity index (χ2v) is 11.0. The molecule has 0 aromatic heterocycles. The van der Waals surface area contributed by atoms with Crippen LogP contribution < -0.4 is 5.32 Å². The number of rotatable bonds is 10. The van der Waals surface area contributed by atoms with E-state index in [2.05, 4.69) is 28.8 Å². The van der Waals surface area contributed by atoms with Gasteiger partial charge in [0.15, 0.2) is 0 Å². The maximum Gasteiger partial charge on any atom is 0.249 e. The van der Waals surface area contributed by atoms with Gasteiger partial charge < -0.3 is 24.6 Å². The molecule has 0 spiro atoms. The molecule has 1 N–H and O–H groups in total. The van der Waals surface area contributed by atoms with Gasteiger partial charge in [0.2, 0.25) is 17.7 Å². The summed E-state index contributed by atoms with van der Waals surface area (Å²) in [6.45, 7) is 12.6. The fourth-order valence-electron chi connectivity index (χ4n) is 4.74. The first-order valence-corrected chi connectivity index (χ1v) is 14.6. The first-order chi connectivity index (χ1) is 18.5. The number of likely N-dealkylation sites (tertiary alicyclic amines) is 2. The highest BCUT2D eigenvalue weighted by Crippen LogP contribution is 2.22. The molecule has 0 aromatic carbocycles. The molecular weight excluding hydrogens is 496 g/mol. The van der Waals surface area contributed by atoms with Crippen molar-refractivity contribution in [3.8, 4) is 0 Å². The Balaban J connectivity index is 0.00000220. The summed E-state index contributed by atoms with van der Waals surface area (Å²) in [5.74, 6) is -0.206. The lowest BCUT2D eigenvalue weighted by molar-refractivity contribution is -0.138. The lowest BCUT2D eigenvalue weighted by Gasteiger charge is -2.34. The number of nitrogens with one attached hydrogen (secondary N) is 1. The molecule has 0 radical (unpaired) electrons. The number of piperidine rings is 1. The summed E-state index contributed by atoms with van der Waals surface area (Å²) in [7, 11) is 8.62. The van der Waals surface area contributed by atoms with Crippen LogP contribution in [0.4, 0.5) is 0 Å². The van der Waals surface area contributed by atoms with E-state index in [1.807, 2.05) is 38.8 Å². The van der Waals surface area contributed by atoms with Crippen LogP contribution in [0.25, 0.3) is 0 Å². The lowest BCUT2D eigenvalue weighted by atomic mass is 9.99. The molecule has 39 heavy (non-hydrogen) atoms. The molecule has 9 nitrogen and oxygen atoms in total. The highest BCUT2D eigenvalue weighted by Gasteiger charge is 2.32. The summed E-state index contributed by atoms with van der Waals surface area (Å²) < 4.78 is 9.43. The van der Waals surface area contributed by atoms with Crippen molar-refractivity contribution in [1.82, 2.24) is 20.0 Å². The van der Waals surface area contributed by atoms with E-state index < -0.39 is 6.04 Å². The minimum atomic E-state index is -0.584. The van der Waals surface area contributed by atoms with Crippen LogP contribution in [0.1, 0.15) is 79.6 Å². The van der Waals surface area contributed by atoms with Crippen molar-refractivity contribution < 1.29 is 23.9 Å². The summed E-state index contributed by atoms with van der Waals surface area (Å²) in [4.78, 5) is 44.6. The number of amides is 3. The van der Waals surface area contributed by atoms with Crippen molar-refractivity contribution in [3.63, 3.8) is 0 Å². The quantitative estimate of drug-likeness (QED) is 0.414. The summed E-state index contributed by atoms with van der Waals surface area (Å²) in [5.41, 5.74) is 0.646. The number of hydrogen-bond acceptors (Lipinski definition) is 6. The van der Waals surface area contributed by atoms with Crippen LogP contribution in [0.3, 0.4) is 0 Å². The minimum Gasteiger partial charge on any atom is -0.388 e. The van der Waals surface area contributed by atoms with E-state index in [0.29, 0.717) is 18.7 Å². The zero-order valence-corrected chi connectivity index (χ0v) is 26.5. The van der Waals surface area contributed by atoms with Crippen molar-refractivity contribution in [3.05, 3.63) is 11.6 Å². The van der Waals surface area contributed by atoms with Gasteiger partial charge in [-0.3, -0.25) is 19.3 Å². The van der Waals surface area contributed by atoms with E-state index in [-0.39, 0.29) is 35.7 Å². The van der Waals surface area contributed by atoms with E-state index >= 15 is 0 Å². The standard InChI is InChI=1S/C25H44N4O4.C3H8.C2H6O/c1-18(2)22(26-23(30)21-11-7-8-14-27(21)4)25(32)28(5)16-12-19(3)24(31)29-15-9-10-20(29)13-17-33-6;2*1-3-2/h12,18,20-22H,7-11,13-17H2,1-6H3,(H,26,30);3H2,1-2H3;1-2H3/b19-12+;;. The summed E-state index contributed by atoms with van der Waals surface area (Å²) in [5, 5.41) is 3.00. The summed E-state index contributed by atoms with van der Waals surface area (Å²) >= 11 is 0. The van der Waals surface area contributed by atoms with Crippen molar-refractivity contribution >= 4 is 17.7 Å². The number of nitrogens with zero attached hydrogens (tertiary/aromatic N) is 3. The van der Waals surface area contributed by atoms with Gasteiger partial charge in [0.05, 0.1) is 6.04 Å². The third-order valence-electron chi connectivity index (χ3n) is 6.98. The molecule has 2 rings (SSSR count). The molecule has 2 aliphatic heterocycles. The number of methoxy groups -OCH3 is 2. The Morgan fingerprint density at radius 2 is 1.67 bits per heavy atom. The van der Waals surface area contributed by atoms with Crippen LogP contribution in [0.5, 0.6) is 0 Å². The van der Waals surface area contributed by atoms with Gasteiger partial charge in [-0.2, -0.15) is 0 Å². The van der Waals surface area contributed by atoms with E-state index in [0.717, 1.165) is 51.6 Å². The maximum atomic E-state index is 13.2. The van der Waals surface area contributed by atoms with E-state index in [9.17, 15) is 14.4 Å². The molecule has 2 aliphatic rings. The molecule has 3 amide bonds. The van der Waals surface area contributed by atoms with Crippen LogP contribution in [0.15, 0.2) is 11.6 Å². The molecule has 2 saturated heterocycles. The van der Waals surface area contributed by atoms with Crippen LogP contribution >= 0.6 is 0 Å². The molecule has 0 aromatic rings. The molecule has 2 heterocycles. The van der Waals surface area contributed by atoms with Crippen LogP contribution in [0, 0.1) is 5.92 Å². The molecule has 0 saturated carbocycles. The highest BCUT2D eigenvalue weighted by atomic mass is 16.5. The number of hydrogen-bond donors (Lipinski definition) is 1. The topological polar surface area (TPSA) is 91.4 Å². The van der Waals surface area contributed by atoms with Crippen molar-refractivity contribution in [2.45, 2.75) is 97.7 Å². The first kappa shape index (κ1) is 37.0. The molecular formula is C30H58N4O5. The minimum absolute atomic E-state index is 0.0310. The Morgan fingerprint density at radius 1 is 1.05 bits per heavy atom. The van der Waals surface area contributed by atoms with Gasteiger partial charge in [-0.05, 0) is 58.5 Å². The Labute approximate surface area is 238 Å². The highest BCUT2D eigenvalue weighted by molar-refractivity contribution is 5.93. The van der Waals surface area contributed by atoms with Crippen LogP contribution in [-0.4, -0.2) is 112 Å². The second-order valence-electron chi connectivity index (χ2n) is 11.0. The lowest BCUT2D eigenvalue weighted by Crippen LogP contribution is -2.56. The third kappa shape index (κ3) is 13.3. The predicted octanol–water partition coefficient (Wildman–Crippen LogP) is 3.72. The van der Waals surface area contributed by atoms with Gasteiger partial charge in [0.1, 0.15) is 6.04 Å². The molecule has 3 atom stereocenters. The SMILES string of the molecule is CCC.COC.COCCC1CCCN1C(=O)/C(C)=C/CN(C)C(=O)C(NC(=O)C1CCCCN1C)C(C)C. The van der Waals surface area contributed by atoms with Gasteiger partial charge in [0, 0.05) is 59.7 Å². The molecule has 0 aliphatic carbocycles. The van der Waals surface area contributed by atoms with Gasteiger partial charge in [0.25, 0.3) is 0 Å². The van der Waals surface area contributed by atoms with Crippen molar-refractivity contribution in [1.29, 1.82) is 0 Å². The Bertz CT molecular complexity index is 741. The van der Waals surface area contributed by atoms with Gasteiger partial charge in [-0.1, -0.05) is 46.6 Å². The fourth-order valence-corrected chi connectivity index (χ4v) is 4.74. The van der Waals surface area contributed by atoms with E-state index in [4.69, 9.17) is 4.74 Å². The Hall–Kier alpha value is -1.97. The molecule has 9 heteroatoms. The number of carbonyl (C=O) groups excluding carboxylic acids is 3. The fraction of sp³-hybridized carbons (Fsp3) is 0.833. The first-order valence-electron chi connectivity index (χ1n) is 14.6. The largest absolute Gasteiger partial charge is 0.388 e. The van der Waals surface area contributed by atoms with Crippen LogP contribution in [0.2, 0.25) is 0 Å². The molecule has 2 fully saturated rings. The zero-order valence-electron chi connectivity index (χ0n) is 26.5. The number of ether oxygens (including phenoxy) is 2. The van der Waals surface area contributed by atoms with Crippen LogP contribution in [-0.2, 0) is 23.9 Å². The number of likely N-dealkylation sites (N-methyl/N-ethyl adjacent to an activating group) is 2. The predicted molar refractivity (Wildman–Crippen MR) is 159 cm³/mol. The molecule has 3 unspecified atom stereocenters. The summed E-state index contributed by atoms with van der Waals surface area (Å²) in [6, 6.07) is -0.540. The summed E-state index contributed by atoms with van der Waals surface area (Å²) in [6.07, 6.45) is 8.89. The van der Waals surface area contributed by atoms with Gasteiger partial charge in [-0.25, -0.2) is 0 Å². The smallest absolute Gasteiger partial charge is 0.249 e. The number of carbonyl (C=O) groups is 3. The average molecular weight is 555 g/mol. The monoisotopic (exact) mass is 554 g/mol. The Morgan fingerprint density at radius 3 is 2.21 bits per heavy atom. The Kier molecular flexibility index (Phi) is 19.8. The molecule has 0 bridgehead atoms.